The lowest BCUT2D eigenvalue weighted by Gasteiger charge is -2.00. The van der Waals surface area contributed by atoms with Crippen LogP contribution in [-0.2, 0) is 0 Å². The van der Waals surface area contributed by atoms with E-state index >= 15 is 0 Å². The lowest BCUT2D eigenvalue weighted by molar-refractivity contribution is 0.111. The summed E-state index contributed by atoms with van der Waals surface area (Å²) in [6.45, 7) is 0. The van der Waals surface area contributed by atoms with Gasteiger partial charge >= 0.3 is 0 Å². The summed E-state index contributed by atoms with van der Waals surface area (Å²) in [4.78, 5) is 10.5. The molecule has 0 amide bonds. The molecule has 2 rings (SSSR count). The Labute approximate surface area is 69.8 Å². The summed E-state index contributed by atoms with van der Waals surface area (Å²) in [5.74, 6) is 0.212. The quantitative estimate of drug-likeness (QED) is 0.665. The Hall–Kier alpha value is -1.64. The van der Waals surface area contributed by atoms with E-state index in [1.165, 1.54) is 0 Å². The van der Waals surface area contributed by atoms with Gasteiger partial charge in [0.25, 0.3) is 0 Å². The molecule has 0 spiro atoms. The Bertz CT molecular complexity index is 337. The first kappa shape index (κ1) is 7.03. The highest BCUT2D eigenvalue weighted by molar-refractivity contribution is 5.74. The van der Waals surface area contributed by atoms with Crippen LogP contribution in [0.3, 0.4) is 0 Å². The number of allylic oxidation sites excluding steroid dienone is 4. The van der Waals surface area contributed by atoms with Crippen molar-refractivity contribution in [3.63, 3.8) is 0 Å². The SMILES string of the molecule is O=Cc1[nH]ncc1C1C=CC=C1. The van der Waals surface area contributed by atoms with Crippen molar-refractivity contribution >= 4 is 6.29 Å². The van der Waals surface area contributed by atoms with Gasteiger partial charge in [-0.1, -0.05) is 24.3 Å². The second-order valence-corrected chi connectivity index (χ2v) is 2.65. The van der Waals surface area contributed by atoms with Gasteiger partial charge in [0.15, 0.2) is 6.29 Å². The molecule has 0 aliphatic heterocycles. The third-order valence-corrected chi connectivity index (χ3v) is 1.92. The minimum absolute atomic E-state index is 0.212. The summed E-state index contributed by atoms with van der Waals surface area (Å²) in [5.41, 5.74) is 1.51. The van der Waals surface area contributed by atoms with E-state index in [1.807, 2.05) is 24.3 Å². The van der Waals surface area contributed by atoms with E-state index in [2.05, 4.69) is 10.2 Å². The van der Waals surface area contributed by atoms with Crippen LogP contribution < -0.4 is 0 Å². The number of hydrogen-bond acceptors (Lipinski definition) is 2. The van der Waals surface area contributed by atoms with Crippen LogP contribution in [0.15, 0.2) is 30.5 Å². The van der Waals surface area contributed by atoms with Gasteiger partial charge in [-0.25, -0.2) is 0 Å². The molecule has 0 fully saturated rings. The second kappa shape index (κ2) is 2.77. The fourth-order valence-corrected chi connectivity index (χ4v) is 1.30. The van der Waals surface area contributed by atoms with Gasteiger partial charge < -0.3 is 0 Å². The van der Waals surface area contributed by atoms with Crippen molar-refractivity contribution in [1.29, 1.82) is 0 Å². The fraction of sp³-hybridized carbons (Fsp3) is 0.111. The average Bonchev–Trinajstić information content (AvgIpc) is 2.74. The molecule has 1 aliphatic rings. The monoisotopic (exact) mass is 160 g/mol. The summed E-state index contributed by atoms with van der Waals surface area (Å²) >= 11 is 0. The van der Waals surface area contributed by atoms with Crippen LogP contribution in [0, 0.1) is 0 Å². The molecular formula is C9H8N2O. The van der Waals surface area contributed by atoms with Crippen molar-refractivity contribution in [3.05, 3.63) is 41.8 Å². The van der Waals surface area contributed by atoms with Crippen LogP contribution in [0.4, 0.5) is 0 Å². The molecule has 0 saturated heterocycles. The minimum Gasteiger partial charge on any atom is -0.296 e. The van der Waals surface area contributed by atoms with Gasteiger partial charge in [0.05, 0.1) is 6.20 Å². The molecule has 3 nitrogen and oxygen atoms in total. The highest BCUT2D eigenvalue weighted by atomic mass is 16.1. The standard InChI is InChI=1S/C9H8N2O/c12-6-9-8(5-10-11-9)7-3-1-2-4-7/h1-7H,(H,10,11). The molecular weight excluding hydrogens is 152 g/mol. The summed E-state index contributed by atoms with van der Waals surface area (Å²) < 4.78 is 0. The van der Waals surface area contributed by atoms with Gasteiger partial charge in [0, 0.05) is 11.5 Å². The summed E-state index contributed by atoms with van der Waals surface area (Å²) in [5, 5.41) is 6.46. The zero-order valence-corrected chi connectivity index (χ0v) is 6.40. The molecule has 12 heavy (non-hydrogen) atoms. The molecule has 1 heterocycles. The highest BCUT2D eigenvalue weighted by Crippen LogP contribution is 2.23. The Morgan fingerprint density at radius 2 is 2.17 bits per heavy atom. The lowest BCUT2D eigenvalue weighted by Crippen LogP contribution is -1.92. The van der Waals surface area contributed by atoms with Gasteiger partial charge in [-0.15, -0.1) is 0 Å². The van der Waals surface area contributed by atoms with E-state index in [-0.39, 0.29) is 5.92 Å². The molecule has 60 valence electrons. The van der Waals surface area contributed by atoms with E-state index in [0.717, 1.165) is 11.8 Å². The molecule has 0 aromatic carbocycles. The number of aromatic nitrogens is 2. The Morgan fingerprint density at radius 3 is 2.83 bits per heavy atom. The number of aromatic amines is 1. The largest absolute Gasteiger partial charge is 0.296 e. The molecule has 1 aliphatic carbocycles. The molecule has 3 heteroatoms. The van der Waals surface area contributed by atoms with Crippen molar-refractivity contribution < 1.29 is 4.79 Å². The third kappa shape index (κ3) is 0.993. The molecule has 0 unspecified atom stereocenters. The Balaban J connectivity index is 2.38. The fourth-order valence-electron chi connectivity index (χ4n) is 1.30. The Kier molecular flexibility index (Phi) is 1.63. The van der Waals surface area contributed by atoms with Crippen molar-refractivity contribution in [2.75, 3.05) is 0 Å². The summed E-state index contributed by atoms with van der Waals surface area (Å²) in [7, 11) is 0. The van der Waals surface area contributed by atoms with Crippen LogP contribution in [0.1, 0.15) is 22.0 Å². The molecule has 0 bridgehead atoms. The number of nitrogens with zero attached hydrogens (tertiary/aromatic N) is 1. The molecule has 0 atom stereocenters. The van der Waals surface area contributed by atoms with Gasteiger partial charge in [-0.05, 0) is 0 Å². The van der Waals surface area contributed by atoms with Crippen molar-refractivity contribution in [3.8, 4) is 0 Å². The summed E-state index contributed by atoms with van der Waals surface area (Å²) in [6, 6.07) is 0. The predicted molar refractivity (Wildman–Crippen MR) is 45.0 cm³/mol. The number of H-pyrrole nitrogens is 1. The maximum absolute atomic E-state index is 10.5. The van der Waals surface area contributed by atoms with Crippen LogP contribution in [0.25, 0.3) is 0 Å². The maximum atomic E-state index is 10.5. The first-order valence-electron chi connectivity index (χ1n) is 3.75. The van der Waals surface area contributed by atoms with E-state index in [4.69, 9.17) is 0 Å². The number of hydrogen-bond donors (Lipinski definition) is 1. The predicted octanol–water partition coefficient (Wildman–Crippen LogP) is 1.43. The zero-order chi connectivity index (χ0) is 8.39. The van der Waals surface area contributed by atoms with Crippen molar-refractivity contribution in [1.82, 2.24) is 10.2 Å². The van der Waals surface area contributed by atoms with Crippen LogP contribution >= 0.6 is 0 Å². The Morgan fingerprint density at radius 1 is 1.42 bits per heavy atom. The minimum atomic E-state index is 0.212. The number of aldehydes is 1. The number of nitrogens with one attached hydrogen (secondary N) is 1. The molecule has 0 saturated carbocycles. The van der Waals surface area contributed by atoms with E-state index in [9.17, 15) is 4.79 Å². The molecule has 1 aromatic heterocycles. The zero-order valence-electron chi connectivity index (χ0n) is 6.40. The smallest absolute Gasteiger partial charge is 0.168 e. The van der Waals surface area contributed by atoms with Crippen LogP contribution in [-0.4, -0.2) is 16.5 Å². The number of carbonyl (C=O) groups is 1. The normalized spacial score (nSPS) is 15.7. The third-order valence-electron chi connectivity index (χ3n) is 1.92. The van der Waals surface area contributed by atoms with E-state index < -0.39 is 0 Å². The summed E-state index contributed by atoms with van der Waals surface area (Å²) in [6.07, 6.45) is 10.5. The van der Waals surface area contributed by atoms with Gasteiger partial charge in [0.1, 0.15) is 5.69 Å². The van der Waals surface area contributed by atoms with E-state index in [1.54, 1.807) is 6.20 Å². The average molecular weight is 160 g/mol. The van der Waals surface area contributed by atoms with Gasteiger partial charge in [-0.3, -0.25) is 9.89 Å². The number of rotatable bonds is 2. The van der Waals surface area contributed by atoms with Crippen molar-refractivity contribution in [2.45, 2.75) is 5.92 Å². The molecule has 1 N–H and O–H groups in total. The first-order valence-corrected chi connectivity index (χ1v) is 3.75. The van der Waals surface area contributed by atoms with E-state index in [0.29, 0.717) is 5.69 Å². The maximum Gasteiger partial charge on any atom is 0.168 e. The molecule has 0 radical (unpaired) electrons. The topological polar surface area (TPSA) is 45.8 Å². The number of carbonyl (C=O) groups excluding carboxylic acids is 1. The first-order chi connectivity index (χ1) is 5.92. The van der Waals surface area contributed by atoms with Gasteiger partial charge in [-0.2, -0.15) is 5.10 Å². The second-order valence-electron chi connectivity index (χ2n) is 2.65. The lowest BCUT2D eigenvalue weighted by atomic mass is 10.0. The molecule has 1 aromatic rings. The van der Waals surface area contributed by atoms with Gasteiger partial charge in [0.2, 0.25) is 0 Å². The van der Waals surface area contributed by atoms with Crippen molar-refractivity contribution in [2.24, 2.45) is 0 Å². The highest BCUT2D eigenvalue weighted by Gasteiger charge is 2.12. The van der Waals surface area contributed by atoms with Crippen LogP contribution in [0.2, 0.25) is 0 Å². The van der Waals surface area contributed by atoms with Crippen LogP contribution in [0.5, 0.6) is 0 Å².